The Bertz CT molecular complexity index is 625. The molecule has 0 radical (unpaired) electrons. The first kappa shape index (κ1) is 17.6. The minimum atomic E-state index is -0.876. The van der Waals surface area contributed by atoms with Crippen LogP contribution in [0.3, 0.4) is 0 Å². The maximum atomic E-state index is 13.9. The summed E-state index contributed by atoms with van der Waals surface area (Å²) in [6.07, 6.45) is 1.94. The highest BCUT2D eigenvalue weighted by Crippen LogP contribution is 2.41. The van der Waals surface area contributed by atoms with Crippen molar-refractivity contribution in [2.45, 2.75) is 25.3 Å². The molecule has 7 heteroatoms. The fourth-order valence-corrected chi connectivity index (χ4v) is 3.72. The summed E-state index contributed by atoms with van der Waals surface area (Å²) in [7, 11) is 0. The van der Waals surface area contributed by atoms with Crippen molar-refractivity contribution >= 4 is 17.5 Å². The van der Waals surface area contributed by atoms with Gasteiger partial charge in [0.1, 0.15) is 11.6 Å². The highest BCUT2D eigenvalue weighted by atomic mass is 35.5. The quantitative estimate of drug-likeness (QED) is 0.765. The van der Waals surface area contributed by atoms with E-state index in [0.717, 1.165) is 31.5 Å². The monoisotopic (exact) mass is 358 g/mol. The van der Waals surface area contributed by atoms with E-state index in [2.05, 4.69) is 10.2 Å². The molecular formula is C17H21ClF2N2O2. The highest BCUT2D eigenvalue weighted by Gasteiger charge is 2.42. The minimum Gasteiger partial charge on any atom is -0.395 e. The lowest BCUT2D eigenvalue weighted by atomic mass is 9.97. The Labute approximate surface area is 144 Å². The van der Waals surface area contributed by atoms with E-state index >= 15 is 0 Å². The molecule has 0 aromatic heterocycles. The van der Waals surface area contributed by atoms with E-state index in [-0.39, 0.29) is 29.7 Å². The van der Waals surface area contributed by atoms with Crippen molar-refractivity contribution in [2.24, 2.45) is 11.8 Å². The van der Waals surface area contributed by atoms with E-state index in [0.29, 0.717) is 24.9 Å². The Kier molecular flexibility index (Phi) is 5.37. The van der Waals surface area contributed by atoms with Crippen LogP contribution in [-0.4, -0.2) is 48.2 Å². The van der Waals surface area contributed by atoms with Crippen LogP contribution in [0.25, 0.3) is 0 Å². The standard InChI is InChI=1S/C17H21ClF2N2O2/c18-13-3-4-14(19)11(17(13)20)7-16(24)21-15-9-22(5-6-23)8-12(15)10-1-2-10/h3-4,10,12,15,23H,1-2,5-9H2,(H,21,24)/t12-,15+/m0/s1. The van der Waals surface area contributed by atoms with E-state index in [9.17, 15) is 13.6 Å². The van der Waals surface area contributed by atoms with Crippen LogP contribution in [-0.2, 0) is 11.2 Å². The molecule has 1 aliphatic carbocycles. The van der Waals surface area contributed by atoms with Gasteiger partial charge in [0, 0.05) is 31.2 Å². The van der Waals surface area contributed by atoms with Gasteiger partial charge in [-0.05, 0) is 36.8 Å². The van der Waals surface area contributed by atoms with Crippen molar-refractivity contribution in [3.8, 4) is 0 Å². The van der Waals surface area contributed by atoms with E-state index in [1.807, 2.05) is 0 Å². The number of aliphatic hydroxyl groups excluding tert-OH is 1. The predicted molar refractivity (Wildman–Crippen MR) is 86.7 cm³/mol. The Balaban J connectivity index is 1.65. The smallest absolute Gasteiger partial charge is 0.224 e. The van der Waals surface area contributed by atoms with Crippen molar-refractivity contribution in [3.63, 3.8) is 0 Å². The van der Waals surface area contributed by atoms with Crippen molar-refractivity contribution in [1.82, 2.24) is 10.2 Å². The molecule has 0 spiro atoms. The Morgan fingerprint density at radius 2 is 2.08 bits per heavy atom. The summed E-state index contributed by atoms with van der Waals surface area (Å²) in [5.41, 5.74) is -0.298. The summed E-state index contributed by atoms with van der Waals surface area (Å²) in [6, 6.07) is 2.17. The molecule has 0 bridgehead atoms. The fraction of sp³-hybridized carbons (Fsp3) is 0.588. The third-order valence-electron chi connectivity index (χ3n) is 4.91. The van der Waals surface area contributed by atoms with Crippen LogP contribution < -0.4 is 5.32 Å². The topological polar surface area (TPSA) is 52.6 Å². The second-order valence-corrected chi connectivity index (χ2v) is 7.06. The van der Waals surface area contributed by atoms with Gasteiger partial charge in [-0.3, -0.25) is 9.69 Å². The number of carbonyl (C=O) groups excluding carboxylic acids is 1. The minimum absolute atomic E-state index is 0.0399. The molecule has 132 valence electrons. The van der Waals surface area contributed by atoms with Crippen LogP contribution in [0.2, 0.25) is 5.02 Å². The number of aliphatic hydroxyl groups is 1. The normalized spacial score (nSPS) is 24.3. The van der Waals surface area contributed by atoms with Gasteiger partial charge in [-0.25, -0.2) is 8.78 Å². The number of rotatable bonds is 6. The first-order chi connectivity index (χ1) is 11.5. The average molecular weight is 359 g/mol. The van der Waals surface area contributed by atoms with Gasteiger partial charge >= 0.3 is 0 Å². The van der Waals surface area contributed by atoms with Gasteiger partial charge in [-0.2, -0.15) is 0 Å². The molecule has 1 aromatic carbocycles. The Morgan fingerprint density at radius 3 is 2.75 bits per heavy atom. The summed E-state index contributed by atoms with van der Waals surface area (Å²) >= 11 is 5.66. The third-order valence-corrected chi connectivity index (χ3v) is 5.20. The molecule has 1 aliphatic heterocycles. The number of nitrogens with zero attached hydrogens (tertiary/aromatic N) is 1. The van der Waals surface area contributed by atoms with Gasteiger partial charge in [0.15, 0.2) is 0 Å². The maximum Gasteiger partial charge on any atom is 0.224 e. The van der Waals surface area contributed by atoms with Crippen LogP contribution >= 0.6 is 11.6 Å². The van der Waals surface area contributed by atoms with E-state index in [4.69, 9.17) is 16.7 Å². The van der Waals surface area contributed by atoms with Gasteiger partial charge in [-0.15, -0.1) is 0 Å². The molecule has 0 unspecified atom stereocenters. The number of carbonyl (C=O) groups is 1. The first-order valence-corrected chi connectivity index (χ1v) is 8.62. The van der Waals surface area contributed by atoms with E-state index in [1.54, 1.807) is 0 Å². The zero-order valence-corrected chi connectivity index (χ0v) is 14.0. The molecule has 24 heavy (non-hydrogen) atoms. The first-order valence-electron chi connectivity index (χ1n) is 8.24. The summed E-state index contributed by atoms with van der Waals surface area (Å²) in [5.74, 6) is -1.11. The average Bonchev–Trinajstić information content (AvgIpc) is 3.31. The molecule has 4 nitrogen and oxygen atoms in total. The van der Waals surface area contributed by atoms with Crippen LogP contribution in [0.1, 0.15) is 18.4 Å². The predicted octanol–water partition coefficient (Wildman–Crippen LogP) is 1.98. The van der Waals surface area contributed by atoms with Gasteiger partial charge < -0.3 is 10.4 Å². The number of likely N-dealkylation sites (tertiary alicyclic amines) is 1. The molecule has 3 rings (SSSR count). The summed E-state index contributed by atoms with van der Waals surface area (Å²) in [5, 5.41) is 11.8. The van der Waals surface area contributed by atoms with Gasteiger partial charge in [0.25, 0.3) is 0 Å². The molecule has 2 fully saturated rings. The SMILES string of the molecule is O=C(Cc1c(F)ccc(Cl)c1F)N[C@@H]1CN(CCO)C[C@H]1C1CC1. The lowest BCUT2D eigenvalue weighted by molar-refractivity contribution is -0.121. The van der Waals surface area contributed by atoms with Crippen molar-refractivity contribution in [3.05, 3.63) is 34.4 Å². The molecule has 1 saturated carbocycles. The number of halogens is 3. The van der Waals surface area contributed by atoms with E-state index < -0.39 is 17.5 Å². The highest BCUT2D eigenvalue weighted by molar-refractivity contribution is 6.30. The number of benzene rings is 1. The van der Waals surface area contributed by atoms with Crippen molar-refractivity contribution in [2.75, 3.05) is 26.2 Å². The fourth-order valence-electron chi connectivity index (χ4n) is 3.54. The number of β-amino-alcohol motifs (C(OH)–C–C–N with tert-alkyl or cyclic N) is 1. The van der Waals surface area contributed by atoms with E-state index in [1.165, 1.54) is 0 Å². The summed E-state index contributed by atoms with van der Waals surface area (Å²) < 4.78 is 27.7. The Morgan fingerprint density at radius 1 is 1.33 bits per heavy atom. The Hall–Kier alpha value is -1.24. The zero-order valence-electron chi connectivity index (χ0n) is 13.3. The molecule has 2 N–H and O–H groups in total. The molecule has 2 aliphatic rings. The van der Waals surface area contributed by atoms with Crippen molar-refractivity contribution < 1.29 is 18.7 Å². The number of nitrogens with one attached hydrogen (secondary N) is 1. The van der Waals surface area contributed by atoms with Crippen LogP contribution in [0.15, 0.2) is 12.1 Å². The lowest BCUT2D eigenvalue weighted by Gasteiger charge is -2.19. The van der Waals surface area contributed by atoms with Crippen molar-refractivity contribution in [1.29, 1.82) is 0 Å². The van der Waals surface area contributed by atoms with Crippen LogP contribution in [0, 0.1) is 23.5 Å². The maximum absolute atomic E-state index is 13.9. The number of hydrogen-bond acceptors (Lipinski definition) is 3. The lowest BCUT2D eigenvalue weighted by Crippen LogP contribution is -2.42. The number of hydrogen-bond donors (Lipinski definition) is 2. The molecule has 1 aromatic rings. The molecule has 2 atom stereocenters. The summed E-state index contributed by atoms with van der Waals surface area (Å²) in [4.78, 5) is 14.4. The molecule has 1 saturated heterocycles. The van der Waals surface area contributed by atoms with Gasteiger partial charge in [-0.1, -0.05) is 11.6 Å². The molecular weight excluding hydrogens is 338 g/mol. The molecule has 1 heterocycles. The van der Waals surface area contributed by atoms with Gasteiger partial charge in [0.2, 0.25) is 5.91 Å². The second kappa shape index (κ2) is 7.33. The van der Waals surface area contributed by atoms with Gasteiger partial charge in [0.05, 0.1) is 18.1 Å². The molecule has 1 amide bonds. The number of amides is 1. The van der Waals surface area contributed by atoms with Crippen LogP contribution in [0.4, 0.5) is 8.78 Å². The third kappa shape index (κ3) is 3.87. The zero-order chi connectivity index (χ0) is 17.3. The largest absolute Gasteiger partial charge is 0.395 e. The summed E-state index contributed by atoms with van der Waals surface area (Å²) in [6.45, 7) is 2.16. The second-order valence-electron chi connectivity index (χ2n) is 6.66. The van der Waals surface area contributed by atoms with Crippen LogP contribution in [0.5, 0.6) is 0 Å².